The molecular formula is C13H12ClNO2. The van der Waals surface area contributed by atoms with Crippen molar-refractivity contribution in [2.24, 2.45) is 7.05 Å². The van der Waals surface area contributed by atoms with Crippen LogP contribution in [0.15, 0.2) is 41.2 Å². The predicted molar refractivity (Wildman–Crippen MR) is 68.7 cm³/mol. The third-order valence-corrected chi connectivity index (χ3v) is 3.06. The van der Waals surface area contributed by atoms with Crippen molar-refractivity contribution < 1.29 is 4.74 Å². The number of hydrogen-bond acceptors (Lipinski definition) is 2. The number of pyridine rings is 1. The summed E-state index contributed by atoms with van der Waals surface area (Å²) < 4.78 is 6.61. The number of benzene rings is 1. The van der Waals surface area contributed by atoms with Crippen LogP contribution in [0.3, 0.4) is 0 Å². The molecule has 88 valence electrons. The van der Waals surface area contributed by atoms with Gasteiger partial charge in [0.25, 0.3) is 5.56 Å². The molecule has 1 aromatic heterocycles. The van der Waals surface area contributed by atoms with Gasteiger partial charge < -0.3 is 9.30 Å². The molecule has 0 unspecified atom stereocenters. The van der Waals surface area contributed by atoms with Gasteiger partial charge in [-0.15, -0.1) is 0 Å². The Morgan fingerprint density at radius 2 is 1.88 bits per heavy atom. The molecule has 3 nitrogen and oxygen atoms in total. The van der Waals surface area contributed by atoms with Crippen LogP contribution in [-0.4, -0.2) is 11.7 Å². The molecule has 0 aliphatic heterocycles. The summed E-state index contributed by atoms with van der Waals surface area (Å²) in [6.07, 6.45) is 0. The van der Waals surface area contributed by atoms with Gasteiger partial charge in [0.05, 0.1) is 12.7 Å². The lowest BCUT2D eigenvalue weighted by Gasteiger charge is -2.13. The van der Waals surface area contributed by atoms with Crippen LogP contribution < -0.4 is 10.3 Å². The van der Waals surface area contributed by atoms with E-state index in [0.29, 0.717) is 10.9 Å². The van der Waals surface area contributed by atoms with E-state index in [-0.39, 0.29) is 5.56 Å². The zero-order chi connectivity index (χ0) is 12.4. The van der Waals surface area contributed by atoms with Crippen LogP contribution in [0.2, 0.25) is 5.15 Å². The van der Waals surface area contributed by atoms with Gasteiger partial charge >= 0.3 is 0 Å². The molecule has 0 radical (unpaired) electrons. The van der Waals surface area contributed by atoms with Gasteiger partial charge in [0, 0.05) is 13.1 Å². The van der Waals surface area contributed by atoms with E-state index in [4.69, 9.17) is 16.3 Å². The quantitative estimate of drug-likeness (QED) is 0.767. The molecule has 2 rings (SSSR count). The number of methoxy groups -OCH3 is 1. The minimum Gasteiger partial charge on any atom is -0.496 e. The van der Waals surface area contributed by atoms with Crippen molar-refractivity contribution in [2.45, 2.75) is 0 Å². The summed E-state index contributed by atoms with van der Waals surface area (Å²) in [4.78, 5) is 11.6. The van der Waals surface area contributed by atoms with Crippen LogP contribution >= 0.6 is 11.6 Å². The fourth-order valence-corrected chi connectivity index (χ4v) is 1.96. The highest BCUT2D eigenvalue weighted by Gasteiger charge is 2.14. The molecular weight excluding hydrogens is 238 g/mol. The summed E-state index contributed by atoms with van der Waals surface area (Å²) in [6, 6.07) is 11.0. The molecule has 0 aliphatic rings. The lowest BCUT2D eigenvalue weighted by molar-refractivity contribution is 0.414. The van der Waals surface area contributed by atoms with Crippen molar-refractivity contribution in [3.63, 3.8) is 0 Å². The van der Waals surface area contributed by atoms with Gasteiger partial charge in [-0.2, -0.15) is 0 Å². The minimum absolute atomic E-state index is 0.188. The summed E-state index contributed by atoms with van der Waals surface area (Å²) in [5.74, 6) is 0.490. The monoisotopic (exact) mass is 249 g/mol. The van der Waals surface area contributed by atoms with Gasteiger partial charge in [-0.05, 0) is 5.56 Å². The zero-order valence-corrected chi connectivity index (χ0v) is 10.4. The molecule has 1 aromatic carbocycles. The van der Waals surface area contributed by atoms with Crippen LogP contribution in [0, 0.1) is 0 Å². The van der Waals surface area contributed by atoms with E-state index in [9.17, 15) is 4.79 Å². The molecule has 4 heteroatoms. The van der Waals surface area contributed by atoms with E-state index in [2.05, 4.69) is 0 Å². The van der Waals surface area contributed by atoms with E-state index in [0.717, 1.165) is 11.1 Å². The molecule has 0 saturated carbocycles. The summed E-state index contributed by atoms with van der Waals surface area (Å²) >= 11 is 6.20. The molecule has 0 N–H and O–H groups in total. The van der Waals surface area contributed by atoms with Crippen LogP contribution in [0.4, 0.5) is 0 Å². The molecule has 0 saturated heterocycles. The van der Waals surface area contributed by atoms with E-state index < -0.39 is 0 Å². The maximum atomic E-state index is 11.6. The molecule has 0 aliphatic carbocycles. The normalized spacial score (nSPS) is 10.3. The smallest absolute Gasteiger partial charge is 0.255 e. The average Bonchev–Trinajstić information content (AvgIpc) is 2.36. The van der Waals surface area contributed by atoms with Crippen LogP contribution in [0.1, 0.15) is 0 Å². The maximum Gasteiger partial charge on any atom is 0.255 e. The Morgan fingerprint density at radius 1 is 1.24 bits per heavy atom. The Kier molecular flexibility index (Phi) is 3.20. The summed E-state index contributed by atoms with van der Waals surface area (Å²) in [5.41, 5.74) is 1.47. The van der Waals surface area contributed by atoms with Gasteiger partial charge in [-0.1, -0.05) is 41.9 Å². The average molecular weight is 250 g/mol. The van der Waals surface area contributed by atoms with Crippen LogP contribution in [0.5, 0.6) is 5.75 Å². The van der Waals surface area contributed by atoms with Crippen molar-refractivity contribution in [1.29, 1.82) is 0 Å². The van der Waals surface area contributed by atoms with E-state index in [1.54, 1.807) is 7.05 Å². The molecule has 0 bridgehead atoms. The van der Waals surface area contributed by atoms with Gasteiger partial charge in [0.2, 0.25) is 0 Å². The molecule has 2 aromatic rings. The van der Waals surface area contributed by atoms with E-state index in [1.165, 1.54) is 17.7 Å². The number of ether oxygens (including phenoxy) is 1. The summed E-state index contributed by atoms with van der Waals surface area (Å²) in [5, 5.41) is 0.376. The van der Waals surface area contributed by atoms with Crippen molar-refractivity contribution in [3.8, 4) is 16.9 Å². The largest absolute Gasteiger partial charge is 0.496 e. The molecule has 1 heterocycles. The second-order valence-electron chi connectivity index (χ2n) is 3.64. The van der Waals surface area contributed by atoms with Gasteiger partial charge in [-0.3, -0.25) is 4.79 Å². The number of rotatable bonds is 2. The highest BCUT2D eigenvalue weighted by molar-refractivity contribution is 6.32. The minimum atomic E-state index is -0.188. The van der Waals surface area contributed by atoms with Crippen molar-refractivity contribution in [1.82, 2.24) is 4.57 Å². The van der Waals surface area contributed by atoms with E-state index >= 15 is 0 Å². The molecule has 0 amide bonds. The lowest BCUT2D eigenvalue weighted by Crippen LogP contribution is -2.17. The highest BCUT2D eigenvalue weighted by atomic mass is 35.5. The maximum absolute atomic E-state index is 11.6. The number of halogens is 1. The molecule has 0 spiro atoms. The van der Waals surface area contributed by atoms with Gasteiger partial charge in [-0.25, -0.2) is 0 Å². The fourth-order valence-electron chi connectivity index (χ4n) is 1.67. The fraction of sp³-hybridized carbons (Fsp3) is 0.154. The highest BCUT2D eigenvalue weighted by Crippen LogP contribution is 2.34. The van der Waals surface area contributed by atoms with E-state index in [1.807, 2.05) is 30.3 Å². The van der Waals surface area contributed by atoms with Gasteiger partial charge in [0.15, 0.2) is 0 Å². The second-order valence-corrected chi connectivity index (χ2v) is 4.00. The third kappa shape index (κ3) is 2.06. The van der Waals surface area contributed by atoms with Gasteiger partial charge in [0.1, 0.15) is 10.9 Å². The van der Waals surface area contributed by atoms with Crippen LogP contribution in [-0.2, 0) is 7.05 Å². The first kappa shape index (κ1) is 11.7. The first-order valence-corrected chi connectivity index (χ1v) is 5.52. The molecule has 17 heavy (non-hydrogen) atoms. The third-order valence-electron chi connectivity index (χ3n) is 2.61. The lowest BCUT2D eigenvalue weighted by atomic mass is 10.1. The summed E-state index contributed by atoms with van der Waals surface area (Å²) in [6.45, 7) is 0. The Labute approximate surface area is 104 Å². The second kappa shape index (κ2) is 4.63. The Bertz CT molecular complexity index is 590. The van der Waals surface area contributed by atoms with Crippen molar-refractivity contribution in [3.05, 3.63) is 51.9 Å². The number of nitrogens with zero attached hydrogens (tertiary/aromatic N) is 1. The topological polar surface area (TPSA) is 31.2 Å². The molecule has 0 atom stereocenters. The first-order valence-electron chi connectivity index (χ1n) is 5.14. The summed E-state index contributed by atoms with van der Waals surface area (Å²) in [7, 11) is 3.16. The van der Waals surface area contributed by atoms with Crippen molar-refractivity contribution >= 4 is 11.6 Å². The Hall–Kier alpha value is -1.74. The van der Waals surface area contributed by atoms with Crippen molar-refractivity contribution in [2.75, 3.05) is 7.11 Å². The Balaban J connectivity index is 2.77. The first-order chi connectivity index (χ1) is 8.15. The SMILES string of the molecule is COc1cc(=O)n(C)c(Cl)c1-c1ccccc1. The standard InChI is InChI=1S/C13H12ClNO2/c1-15-11(16)8-10(17-2)12(13(15)14)9-6-4-3-5-7-9/h3-8H,1-2H3. The zero-order valence-electron chi connectivity index (χ0n) is 9.61. The number of hydrogen-bond donors (Lipinski definition) is 0. The van der Waals surface area contributed by atoms with Crippen LogP contribution in [0.25, 0.3) is 11.1 Å². The number of aromatic nitrogens is 1. The predicted octanol–water partition coefficient (Wildman–Crippen LogP) is 2.71. The molecule has 0 fully saturated rings. The Morgan fingerprint density at radius 3 is 2.47 bits per heavy atom.